The molecule has 0 amide bonds. The molecule has 0 saturated carbocycles. The maximum Gasteiger partial charge on any atom is 0.0356 e. The number of hydrogen-bond donors (Lipinski definition) is 1. The lowest BCUT2D eigenvalue weighted by atomic mass is 9.84. The average molecular weight is 299 g/mol. The van der Waals surface area contributed by atoms with E-state index in [1.54, 1.807) is 0 Å². The minimum absolute atomic E-state index is 0.227. The SMILES string of the molecule is CCCN1CCC(CN)(N(CCN(C)C)CC(C)C)CC1. The zero-order chi connectivity index (χ0) is 15.9. The van der Waals surface area contributed by atoms with Crippen molar-refractivity contribution in [1.82, 2.24) is 14.7 Å². The van der Waals surface area contributed by atoms with Crippen molar-refractivity contribution in [3.63, 3.8) is 0 Å². The predicted octanol–water partition coefficient (Wildman–Crippen LogP) is 1.71. The largest absolute Gasteiger partial charge is 0.329 e. The van der Waals surface area contributed by atoms with E-state index in [0.29, 0.717) is 5.92 Å². The molecule has 1 rings (SSSR count). The first-order valence-electron chi connectivity index (χ1n) is 8.75. The molecule has 126 valence electrons. The fourth-order valence-corrected chi connectivity index (χ4v) is 3.44. The van der Waals surface area contributed by atoms with Crippen molar-refractivity contribution in [3.05, 3.63) is 0 Å². The van der Waals surface area contributed by atoms with Crippen LogP contribution < -0.4 is 5.73 Å². The first-order chi connectivity index (χ1) is 9.93. The third kappa shape index (κ3) is 5.85. The number of nitrogens with two attached hydrogens (primary N) is 1. The van der Waals surface area contributed by atoms with Gasteiger partial charge in [-0.1, -0.05) is 20.8 Å². The summed E-state index contributed by atoms with van der Waals surface area (Å²) in [5, 5.41) is 0. The van der Waals surface area contributed by atoms with Gasteiger partial charge in [0.2, 0.25) is 0 Å². The number of piperidine rings is 1. The highest BCUT2D eigenvalue weighted by molar-refractivity contribution is 4.96. The molecule has 1 aliphatic rings. The Balaban J connectivity index is 2.71. The van der Waals surface area contributed by atoms with E-state index in [1.807, 2.05) is 0 Å². The Labute approximate surface area is 132 Å². The molecule has 0 bridgehead atoms. The lowest BCUT2D eigenvalue weighted by molar-refractivity contribution is 0.0154. The monoisotopic (exact) mass is 298 g/mol. The number of rotatable bonds is 9. The molecule has 1 heterocycles. The van der Waals surface area contributed by atoms with E-state index < -0.39 is 0 Å². The number of nitrogens with zero attached hydrogens (tertiary/aromatic N) is 3. The van der Waals surface area contributed by atoms with Crippen molar-refractivity contribution in [2.75, 3.05) is 59.9 Å². The van der Waals surface area contributed by atoms with Crippen LogP contribution in [0.4, 0.5) is 0 Å². The average Bonchev–Trinajstić information content (AvgIpc) is 2.44. The normalized spacial score (nSPS) is 19.9. The minimum Gasteiger partial charge on any atom is -0.329 e. The van der Waals surface area contributed by atoms with Crippen LogP contribution in [0.5, 0.6) is 0 Å². The van der Waals surface area contributed by atoms with E-state index in [-0.39, 0.29) is 5.54 Å². The fourth-order valence-electron chi connectivity index (χ4n) is 3.44. The standard InChI is InChI=1S/C17H38N4/c1-6-9-20-10-7-17(15-18,8-11-20)21(14-16(2)3)13-12-19(4)5/h16H,6-15,18H2,1-5H3. The number of hydrogen-bond acceptors (Lipinski definition) is 4. The molecule has 0 aromatic heterocycles. The van der Waals surface area contributed by atoms with Crippen LogP contribution >= 0.6 is 0 Å². The topological polar surface area (TPSA) is 35.7 Å². The fraction of sp³-hybridized carbons (Fsp3) is 1.00. The summed E-state index contributed by atoms with van der Waals surface area (Å²) in [7, 11) is 4.32. The van der Waals surface area contributed by atoms with Gasteiger partial charge in [0.05, 0.1) is 0 Å². The van der Waals surface area contributed by atoms with Gasteiger partial charge < -0.3 is 15.5 Å². The molecule has 2 N–H and O–H groups in total. The molecule has 0 aromatic rings. The second-order valence-corrected chi connectivity index (χ2v) is 7.41. The van der Waals surface area contributed by atoms with Crippen molar-refractivity contribution in [3.8, 4) is 0 Å². The Bertz CT molecular complexity index is 270. The minimum atomic E-state index is 0.227. The zero-order valence-electron chi connectivity index (χ0n) is 15.1. The summed E-state index contributed by atoms with van der Waals surface area (Å²) in [6.45, 7) is 14.8. The van der Waals surface area contributed by atoms with Crippen LogP contribution in [0.25, 0.3) is 0 Å². The summed E-state index contributed by atoms with van der Waals surface area (Å²) in [6, 6.07) is 0. The van der Waals surface area contributed by atoms with E-state index >= 15 is 0 Å². The molecule has 0 aromatic carbocycles. The molecular formula is C17H38N4. The summed E-state index contributed by atoms with van der Waals surface area (Å²) in [4.78, 5) is 7.58. The van der Waals surface area contributed by atoms with E-state index in [0.717, 1.165) is 19.6 Å². The molecule has 0 spiro atoms. The summed E-state index contributed by atoms with van der Waals surface area (Å²) < 4.78 is 0. The van der Waals surface area contributed by atoms with Gasteiger partial charge in [-0.2, -0.15) is 0 Å². The number of likely N-dealkylation sites (tertiary alicyclic amines) is 1. The summed E-state index contributed by atoms with van der Waals surface area (Å²) >= 11 is 0. The molecule has 0 atom stereocenters. The van der Waals surface area contributed by atoms with Crippen molar-refractivity contribution in [1.29, 1.82) is 0 Å². The molecule has 0 radical (unpaired) electrons. The Hall–Kier alpha value is -0.160. The lowest BCUT2D eigenvalue weighted by Gasteiger charge is -2.49. The maximum atomic E-state index is 6.27. The van der Waals surface area contributed by atoms with Crippen molar-refractivity contribution in [2.24, 2.45) is 11.7 Å². The third-order valence-corrected chi connectivity index (χ3v) is 4.78. The molecule has 0 aliphatic carbocycles. The Kier molecular flexibility index (Phi) is 8.17. The molecule has 4 heteroatoms. The molecular weight excluding hydrogens is 260 g/mol. The molecule has 1 saturated heterocycles. The highest BCUT2D eigenvalue weighted by atomic mass is 15.3. The summed E-state index contributed by atoms with van der Waals surface area (Å²) in [5.41, 5.74) is 6.49. The highest BCUT2D eigenvalue weighted by Gasteiger charge is 2.38. The van der Waals surface area contributed by atoms with Crippen molar-refractivity contribution in [2.45, 2.75) is 45.6 Å². The van der Waals surface area contributed by atoms with Gasteiger partial charge in [-0.3, -0.25) is 4.90 Å². The molecule has 21 heavy (non-hydrogen) atoms. The van der Waals surface area contributed by atoms with Gasteiger partial charge in [0.25, 0.3) is 0 Å². The van der Waals surface area contributed by atoms with Gasteiger partial charge in [-0.25, -0.2) is 0 Å². The van der Waals surface area contributed by atoms with Crippen LogP contribution in [-0.4, -0.2) is 80.1 Å². The van der Waals surface area contributed by atoms with Crippen LogP contribution in [0.3, 0.4) is 0 Å². The Morgan fingerprint density at radius 2 is 1.76 bits per heavy atom. The summed E-state index contributed by atoms with van der Waals surface area (Å²) in [6.07, 6.45) is 3.71. The molecule has 1 aliphatic heterocycles. The molecule has 4 nitrogen and oxygen atoms in total. The van der Waals surface area contributed by atoms with Gasteiger partial charge in [-0.05, 0) is 58.9 Å². The third-order valence-electron chi connectivity index (χ3n) is 4.78. The molecule has 0 unspecified atom stereocenters. The second-order valence-electron chi connectivity index (χ2n) is 7.41. The van der Waals surface area contributed by atoms with Gasteiger partial charge in [0, 0.05) is 31.7 Å². The number of likely N-dealkylation sites (N-methyl/N-ethyl adjacent to an activating group) is 1. The van der Waals surface area contributed by atoms with Crippen LogP contribution in [0, 0.1) is 5.92 Å². The van der Waals surface area contributed by atoms with Gasteiger partial charge in [0.15, 0.2) is 0 Å². The van der Waals surface area contributed by atoms with Gasteiger partial charge >= 0.3 is 0 Å². The lowest BCUT2D eigenvalue weighted by Crippen LogP contribution is -2.61. The smallest absolute Gasteiger partial charge is 0.0356 e. The highest BCUT2D eigenvalue weighted by Crippen LogP contribution is 2.29. The van der Waals surface area contributed by atoms with E-state index in [1.165, 1.54) is 45.4 Å². The second kappa shape index (κ2) is 9.09. The first kappa shape index (κ1) is 18.9. The Morgan fingerprint density at radius 3 is 2.19 bits per heavy atom. The summed E-state index contributed by atoms with van der Waals surface area (Å²) in [5.74, 6) is 0.698. The van der Waals surface area contributed by atoms with Crippen molar-refractivity contribution < 1.29 is 0 Å². The van der Waals surface area contributed by atoms with E-state index in [9.17, 15) is 0 Å². The van der Waals surface area contributed by atoms with Crippen LogP contribution in [-0.2, 0) is 0 Å². The predicted molar refractivity (Wildman–Crippen MR) is 92.7 cm³/mol. The van der Waals surface area contributed by atoms with Crippen LogP contribution in [0.2, 0.25) is 0 Å². The maximum absolute atomic E-state index is 6.27. The zero-order valence-corrected chi connectivity index (χ0v) is 15.1. The van der Waals surface area contributed by atoms with E-state index in [4.69, 9.17) is 5.73 Å². The van der Waals surface area contributed by atoms with Gasteiger partial charge in [-0.15, -0.1) is 0 Å². The van der Waals surface area contributed by atoms with Crippen molar-refractivity contribution >= 4 is 0 Å². The first-order valence-corrected chi connectivity index (χ1v) is 8.75. The Morgan fingerprint density at radius 1 is 1.14 bits per heavy atom. The molecule has 1 fully saturated rings. The quantitative estimate of drug-likeness (QED) is 0.703. The van der Waals surface area contributed by atoms with Crippen LogP contribution in [0.15, 0.2) is 0 Å². The van der Waals surface area contributed by atoms with E-state index in [2.05, 4.69) is 49.6 Å². The van der Waals surface area contributed by atoms with Crippen LogP contribution in [0.1, 0.15) is 40.0 Å². The van der Waals surface area contributed by atoms with Gasteiger partial charge in [0.1, 0.15) is 0 Å².